The average molecular weight is 505 g/mol. The summed E-state index contributed by atoms with van der Waals surface area (Å²) in [4.78, 5) is 25.2. The van der Waals surface area contributed by atoms with Crippen LogP contribution in [0.15, 0.2) is 75.9 Å². The summed E-state index contributed by atoms with van der Waals surface area (Å²) < 4.78 is 27.0. The number of carbonyl (C=O) groups excluding carboxylic acids is 1. The van der Waals surface area contributed by atoms with Gasteiger partial charge in [0, 0.05) is 12.3 Å². The van der Waals surface area contributed by atoms with Gasteiger partial charge in [-0.2, -0.15) is 0 Å². The van der Waals surface area contributed by atoms with Crippen LogP contribution in [0.4, 0.5) is 0 Å². The molecule has 0 aliphatic carbocycles. The Bertz CT molecular complexity index is 1440. The van der Waals surface area contributed by atoms with Gasteiger partial charge in [0.05, 0.1) is 45.3 Å². The van der Waals surface area contributed by atoms with Gasteiger partial charge in [-0.3, -0.25) is 4.79 Å². The smallest absolute Gasteiger partial charge is 0.343 e. The number of methoxy groups -OCH3 is 3. The third-order valence-electron chi connectivity index (χ3n) is 6.16. The molecule has 4 aromatic rings. The van der Waals surface area contributed by atoms with Gasteiger partial charge in [0.15, 0.2) is 11.5 Å². The molecule has 8 heteroatoms. The minimum absolute atomic E-state index is 0.0284. The molecule has 8 nitrogen and oxygen atoms in total. The number of benzene rings is 3. The molecule has 0 saturated heterocycles. The van der Waals surface area contributed by atoms with E-state index < -0.39 is 17.5 Å². The van der Waals surface area contributed by atoms with Gasteiger partial charge in [-0.1, -0.05) is 30.3 Å². The summed E-state index contributed by atoms with van der Waals surface area (Å²) in [5.74, 6) is 0.0962. The molecule has 37 heavy (non-hydrogen) atoms. The number of fused-ring (bicyclic) bond motifs is 1. The van der Waals surface area contributed by atoms with E-state index in [0.717, 1.165) is 11.3 Å². The van der Waals surface area contributed by atoms with Crippen LogP contribution in [0, 0.1) is 0 Å². The molecule has 0 amide bonds. The van der Waals surface area contributed by atoms with Crippen molar-refractivity contribution in [2.45, 2.75) is 18.8 Å². The van der Waals surface area contributed by atoms with Gasteiger partial charge < -0.3 is 28.5 Å². The van der Waals surface area contributed by atoms with Crippen molar-refractivity contribution < 1.29 is 33.3 Å². The van der Waals surface area contributed by atoms with Crippen molar-refractivity contribution >= 4 is 16.9 Å². The molecule has 1 N–H and O–H groups in total. The molecule has 4 rings (SSSR count). The fourth-order valence-corrected chi connectivity index (χ4v) is 4.18. The number of hydrogen-bond acceptors (Lipinski definition) is 8. The normalized spacial score (nSPS) is 11.6. The standard InChI is InChI=1S/C29H28O8/c1-33-20-11-8-18(9-12-20)14-15-36-24-13-10-19(16-25(24)34-2)22(17-26(30)35-3)27-28(31)21-6-4-5-7-23(21)37-29(27)32/h4-13,16,22,31H,14-15,17H2,1-3H3/t22-/m1/s1. The highest BCUT2D eigenvalue weighted by Gasteiger charge is 2.28. The molecule has 1 aromatic heterocycles. The Balaban J connectivity index is 1.64. The number of rotatable bonds is 10. The zero-order valence-corrected chi connectivity index (χ0v) is 20.9. The monoisotopic (exact) mass is 504 g/mol. The second kappa shape index (κ2) is 11.5. The van der Waals surface area contributed by atoms with Gasteiger partial charge in [-0.25, -0.2) is 4.79 Å². The Morgan fingerprint density at radius 1 is 0.946 bits per heavy atom. The molecule has 0 unspecified atom stereocenters. The van der Waals surface area contributed by atoms with Crippen molar-refractivity contribution in [1.82, 2.24) is 0 Å². The molecule has 0 radical (unpaired) electrons. The van der Waals surface area contributed by atoms with Crippen LogP contribution in [-0.2, 0) is 16.0 Å². The van der Waals surface area contributed by atoms with Crippen LogP contribution >= 0.6 is 0 Å². The summed E-state index contributed by atoms with van der Waals surface area (Å²) in [6, 6.07) is 19.5. The Hall–Kier alpha value is -4.46. The first-order chi connectivity index (χ1) is 17.9. The van der Waals surface area contributed by atoms with E-state index >= 15 is 0 Å². The fourth-order valence-electron chi connectivity index (χ4n) is 4.18. The molecule has 0 fully saturated rings. The van der Waals surface area contributed by atoms with E-state index in [1.54, 1.807) is 49.6 Å². The third kappa shape index (κ3) is 5.69. The Kier molecular flexibility index (Phi) is 7.98. The Morgan fingerprint density at radius 2 is 1.70 bits per heavy atom. The van der Waals surface area contributed by atoms with Crippen LogP contribution in [-0.4, -0.2) is 39.0 Å². The van der Waals surface area contributed by atoms with Crippen LogP contribution in [0.5, 0.6) is 23.0 Å². The molecule has 1 heterocycles. The molecule has 192 valence electrons. The summed E-state index contributed by atoms with van der Waals surface area (Å²) in [6.45, 7) is 0.405. The molecule has 0 saturated carbocycles. The lowest BCUT2D eigenvalue weighted by atomic mass is 9.88. The number of carbonyl (C=O) groups is 1. The summed E-state index contributed by atoms with van der Waals surface area (Å²) in [7, 11) is 4.40. The fraction of sp³-hybridized carbons (Fsp3) is 0.241. The van der Waals surface area contributed by atoms with Crippen LogP contribution in [0.2, 0.25) is 0 Å². The molecule has 0 spiro atoms. The van der Waals surface area contributed by atoms with Crippen LogP contribution in [0.25, 0.3) is 11.0 Å². The summed E-state index contributed by atoms with van der Waals surface area (Å²) in [6.07, 6.45) is 0.486. The lowest BCUT2D eigenvalue weighted by molar-refractivity contribution is -0.140. The van der Waals surface area contributed by atoms with E-state index in [1.807, 2.05) is 24.3 Å². The number of esters is 1. The lowest BCUT2D eigenvalue weighted by Crippen LogP contribution is -2.18. The summed E-state index contributed by atoms with van der Waals surface area (Å²) in [5, 5.41) is 11.4. The summed E-state index contributed by atoms with van der Waals surface area (Å²) in [5.41, 5.74) is 1.14. The number of hydrogen-bond donors (Lipinski definition) is 1. The highest BCUT2D eigenvalue weighted by atomic mass is 16.5. The van der Waals surface area contributed by atoms with Crippen LogP contribution < -0.4 is 19.8 Å². The second-order valence-corrected chi connectivity index (χ2v) is 8.34. The first-order valence-corrected chi connectivity index (χ1v) is 11.7. The van der Waals surface area contributed by atoms with Crippen molar-refractivity contribution in [1.29, 1.82) is 0 Å². The highest BCUT2D eigenvalue weighted by molar-refractivity contribution is 5.84. The largest absolute Gasteiger partial charge is 0.507 e. The van der Waals surface area contributed by atoms with E-state index in [9.17, 15) is 14.7 Å². The molecular weight excluding hydrogens is 476 g/mol. The van der Waals surface area contributed by atoms with E-state index in [1.165, 1.54) is 14.2 Å². The number of para-hydroxylation sites is 1. The second-order valence-electron chi connectivity index (χ2n) is 8.34. The third-order valence-corrected chi connectivity index (χ3v) is 6.16. The first-order valence-electron chi connectivity index (χ1n) is 11.7. The van der Waals surface area contributed by atoms with Gasteiger partial charge in [0.2, 0.25) is 0 Å². The lowest BCUT2D eigenvalue weighted by Gasteiger charge is -2.19. The predicted molar refractivity (Wildman–Crippen MR) is 138 cm³/mol. The van der Waals surface area contributed by atoms with E-state index in [0.29, 0.717) is 35.5 Å². The van der Waals surface area contributed by atoms with E-state index in [-0.39, 0.29) is 23.3 Å². The average Bonchev–Trinajstić information content (AvgIpc) is 2.92. The van der Waals surface area contributed by atoms with Crippen LogP contribution in [0.3, 0.4) is 0 Å². The van der Waals surface area contributed by atoms with Gasteiger partial charge in [-0.15, -0.1) is 0 Å². The van der Waals surface area contributed by atoms with Gasteiger partial charge in [0.1, 0.15) is 17.1 Å². The van der Waals surface area contributed by atoms with Crippen molar-refractivity contribution in [2.24, 2.45) is 0 Å². The molecule has 3 aromatic carbocycles. The van der Waals surface area contributed by atoms with E-state index in [4.69, 9.17) is 23.4 Å². The maximum atomic E-state index is 12.9. The summed E-state index contributed by atoms with van der Waals surface area (Å²) >= 11 is 0. The minimum Gasteiger partial charge on any atom is -0.507 e. The molecule has 0 bridgehead atoms. The van der Waals surface area contributed by atoms with Crippen molar-refractivity contribution in [2.75, 3.05) is 27.9 Å². The van der Waals surface area contributed by atoms with Gasteiger partial charge in [0.25, 0.3) is 0 Å². The highest BCUT2D eigenvalue weighted by Crippen LogP contribution is 2.39. The van der Waals surface area contributed by atoms with Gasteiger partial charge in [-0.05, 0) is 47.5 Å². The topological polar surface area (TPSA) is 104 Å². The first kappa shape index (κ1) is 25.6. The predicted octanol–water partition coefficient (Wildman–Crippen LogP) is 4.83. The van der Waals surface area contributed by atoms with Crippen molar-refractivity contribution in [3.8, 4) is 23.0 Å². The maximum Gasteiger partial charge on any atom is 0.343 e. The zero-order chi connectivity index (χ0) is 26.4. The minimum atomic E-state index is -0.837. The van der Waals surface area contributed by atoms with Crippen LogP contribution in [0.1, 0.15) is 29.0 Å². The molecule has 1 atom stereocenters. The van der Waals surface area contributed by atoms with Crippen molar-refractivity contribution in [3.05, 3.63) is 93.8 Å². The van der Waals surface area contributed by atoms with E-state index in [2.05, 4.69) is 0 Å². The SMILES string of the molecule is COC(=O)C[C@H](c1ccc(OCCc2ccc(OC)cc2)c(OC)c1)c1c(O)c2ccccc2oc1=O. The Labute approximate surface area is 214 Å². The van der Waals surface area contributed by atoms with Gasteiger partial charge >= 0.3 is 11.6 Å². The number of aromatic hydroxyl groups is 1. The zero-order valence-electron chi connectivity index (χ0n) is 20.9. The molecule has 0 aliphatic heterocycles. The van der Waals surface area contributed by atoms with Crippen molar-refractivity contribution in [3.63, 3.8) is 0 Å². The quantitative estimate of drug-likeness (QED) is 0.242. The molecule has 0 aliphatic rings. The molecular formula is C29H28O8. The Morgan fingerprint density at radius 3 is 2.41 bits per heavy atom. The number of ether oxygens (including phenoxy) is 4. The maximum absolute atomic E-state index is 12.9.